The Balaban J connectivity index is 0.000000345. The van der Waals surface area contributed by atoms with Gasteiger partial charge in [-0.05, 0) is 38.3 Å². The van der Waals surface area contributed by atoms with Crippen molar-refractivity contribution in [2.75, 3.05) is 20.3 Å². The van der Waals surface area contributed by atoms with E-state index in [1.54, 1.807) is 7.11 Å². The van der Waals surface area contributed by atoms with E-state index in [0.717, 1.165) is 29.8 Å². The Labute approximate surface area is 162 Å². The SMILES string of the molecule is COCc1c(C(F)F)sc2c1CCOC21CCNC(C)C1.O=C(O)C(F)(F)F. The summed E-state index contributed by atoms with van der Waals surface area (Å²) in [7, 11) is 1.56. The molecular weight excluding hydrogens is 409 g/mol. The van der Waals surface area contributed by atoms with Gasteiger partial charge >= 0.3 is 12.1 Å². The molecule has 1 spiro atoms. The number of ether oxygens (including phenoxy) is 2. The minimum Gasteiger partial charge on any atom is -0.475 e. The highest BCUT2D eigenvalue weighted by molar-refractivity contribution is 7.12. The number of fused-ring (bicyclic) bond motifs is 2. The molecule has 0 amide bonds. The number of hydrogen-bond acceptors (Lipinski definition) is 5. The van der Waals surface area contributed by atoms with Gasteiger partial charge in [0.2, 0.25) is 0 Å². The summed E-state index contributed by atoms with van der Waals surface area (Å²) in [5.41, 5.74) is 1.37. The van der Waals surface area contributed by atoms with Crippen molar-refractivity contribution >= 4 is 17.3 Å². The van der Waals surface area contributed by atoms with Crippen LogP contribution in [-0.2, 0) is 32.9 Å². The van der Waals surface area contributed by atoms with E-state index in [1.807, 2.05) is 0 Å². The molecular formula is C17H22F5NO4S. The molecule has 3 rings (SSSR count). The van der Waals surface area contributed by atoms with E-state index in [9.17, 15) is 22.0 Å². The second-order valence-corrected chi connectivity index (χ2v) is 7.74. The molecule has 1 fully saturated rings. The standard InChI is InChI=1S/C15H21F2NO2S.C2HF3O2/c1-9-7-15(4-5-18-9)13-10(3-6-20-15)11(8-19-2)12(21-13)14(16)17;3-2(4,5)1(6)7/h9,14,18H,3-8H2,1-2H3;(H,6,7). The molecule has 2 unspecified atom stereocenters. The molecule has 1 saturated heterocycles. The van der Waals surface area contributed by atoms with Crippen molar-refractivity contribution in [3.05, 3.63) is 20.9 Å². The number of carboxylic acids is 1. The van der Waals surface area contributed by atoms with Crippen LogP contribution in [0.4, 0.5) is 22.0 Å². The quantitative estimate of drug-likeness (QED) is 0.708. The lowest BCUT2D eigenvalue weighted by Gasteiger charge is -2.43. The first-order valence-corrected chi connectivity index (χ1v) is 9.43. The predicted octanol–water partition coefficient (Wildman–Crippen LogP) is 4.01. The zero-order valence-electron chi connectivity index (χ0n) is 15.4. The molecule has 3 heterocycles. The fourth-order valence-corrected chi connectivity index (χ4v) is 4.96. The van der Waals surface area contributed by atoms with Crippen LogP contribution in [0.25, 0.3) is 0 Å². The number of methoxy groups -OCH3 is 1. The summed E-state index contributed by atoms with van der Waals surface area (Å²) in [6, 6.07) is 0.340. The fourth-order valence-electron chi connectivity index (χ4n) is 3.57. The van der Waals surface area contributed by atoms with Crippen LogP contribution in [-0.4, -0.2) is 43.6 Å². The molecule has 0 bridgehead atoms. The molecule has 1 aromatic rings. The number of thiophene rings is 1. The van der Waals surface area contributed by atoms with Crippen molar-refractivity contribution in [3.63, 3.8) is 0 Å². The Morgan fingerprint density at radius 2 is 2.11 bits per heavy atom. The summed E-state index contributed by atoms with van der Waals surface area (Å²) in [4.78, 5) is 10.1. The van der Waals surface area contributed by atoms with Crippen LogP contribution < -0.4 is 5.32 Å². The number of alkyl halides is 5. The first kappa shape index (κ1) is 23.0. The molecule has 2 N–H and O–H groups in total. The number of piperidine rings is 1. The molecule has 0 aromatic carbocycles. The van der Waals surface area contributed by atoms with Gasteiger partial charge < -0.3 is 19.9 Å². The van der Waals surface area contributed by atoms with Crippen LogP contribution in [0, 0.1) is 0 Å². The summed E-state index contributed by atoms with van der Waals surface area (Å²) < 4.78 is 69.8. The van der Waals surface area contributed by atoms with E-state index >= 15 is 0 Å². The minimum atomic E-state index is -5.08. The molecule has 2 atom stereocenters. The van der Waals surface area contributed by atoms with E-state index in [-0.39, 0.29) is 17.1 Å². The first-order valence-electron chi connectivity index (χ1n) is 8.61. The van der Waals surface area contributed by atoms with E-state index in [0.29, 0.717) is 24.6 Å². The third-order valence-electron chi connectivity index (χ3n) is 4.68. The predicted molar refractivity (Wildman–Crippen MR) is 91.7 cm³/mol. The number of halogens is 5. The number of carboxylic acid groups (broad SMARTS) is 1. The van der Waals surface area contributed by atoms with Crippen molar-refractivity contribution in [2.24, 2.45) is 0 Å². The lowest BCUT2D eigenvalue weighted by molar-refractivity contribution is -0.192. The van der Waals surface area contributed by atoms with Gasteiger partial charge in [0, 0.05) is 23.6 Å². The van der Waals surface area contributed by atoms with Crippen LogP contribution in [0.3, 0.4) is 0 Å². The fraction of sp³-hybridized carbons (Fsp3) is 0.706. The highest BCUT2D eigenvalue weighted by atomic mass is 32.1. The van der Waals surface area contributed by atoms with Crippen LogP contribution in [0.2, 0.25) is 0 Å². The number of rotatable bonds is 3. The Morgan fingerprint density at radius 1 is 1.46 bits per heavy atom. The van der Waals surface area contributed by atoms with Crippen LogP contribution >= 0.6 is 11.3 Å². The van der Waals surface area contributed by atoms with Crippen molar-refractivity contribution < 1.29 is 41.3 Å². The lowest BCUT2D eigenvalue weighted by Crippen LogP contribution is -2.48. The third kappa shape index (κ3) is 5.00. The number of aliphatic carboxylic acids is 1. The van der Waals surface area contributed by atoms with Crippen molar-refractivity contribution in [1.82, 2.24) is 5.32 Å². The monoisotopic (exact) mass is 431 g/mol. The minimum absolute atomic E-state index is 0.165. The van der Waals surface area contributed by atoms with Crippen LogP contribution in [0.1, 0.15) is 47.1 Å². The van der Waals surface area contributed by atoms with Gasteiger partial charge in [0.15, 0.2) is 0 Å². The maximum atomic E-state index is 13.4. The Morgan fingerprint density at radius 3 is 2.61 bits per heavy atom. The van der Waals surface area contributed by atoms with E-state index < -0.39 is 18.6 Å². The maximum absolute atomic E-state index is 13.4. The van der Waals surface area contributed by atoms with Gasteiger partial charge in [0.25, 0.3) is 6.43 Å². The molecule has 5 nitrogen and oxygen atoms in total. The summed E-state index contributed by atoms with van der Waals surface area (Å²) >= 11 is 1.23. The third-order valence-corrected chi connectivity index (χ3v) is 6.15. The largest absolute Gasteiger partial charge is 0.490 e. The van der Waals surface area contributed by atoms with E-state index in [2.05, 4.69) is 12.2 Å². The maximum Gasteiger partial charge on any atom is 0.490 e. The van der Waals surface area contributed by atoms with Gasteiger partial charge in [0.05, 0.1) is 18.1 Å². The molecule has 2 aliphatic heterocycles. The number of carbonyl (C=O) groups is 1. The summed E-state index contributed by atoms with van der Waals surface area (Å²) in [5, 5.41) is 10.5. The zero-order chi connectivity index (χ0) is 21.1. The smallest absolute Gasteiger partial charge is 0.475 e. The molecule has 0 radical (unpaired) electrons. The number of nitrogens with one attached hydrogen (secondary N) is 1. The lowest BCUT2D eigenvalue weighted by atomic mass is 9.82. The van der Waals surface area contributed by atoms with Crippen molar-refractivity contribution in [1.29, 1.82) is 0 Å². The molecule has 28 heavy (non-hydrogen) atoms. The Hall–Kier alpha value is -1.30. The molecule has 160 valence electrons. The Bertz CT molecular complexity index is 694. The van der Waals surface area contributed by atoms with E-state index in [1.165, 1.54) is 11.3 Å². The highest BCUT2D eigenvalue weighted by Gasteiger charge is 2.44. The van der Waals surface area contributed by atoms with Crippen LogP contribution in [0.5, 0.6) is 0 Å². The summed E-state index contributed by atoms with van der Waals surface area (Å²) in [6.07, 6.45) is -5.13. The average Bonchev–Trinajstić information content (AvgIpc) is 2.96. The van der Waals surface area contributed by atoms with Gasteiger partial charge in [-0.2, -0.15) is 13.2 Å². The molecule has 0 saturated carbocycles. The molecule has 0 aliphatic carbocycles. The highest BCUT2D eigenvalue weighted by Crippen LogP contribution is 2.49. The second-order valence-electron chi connectivity index (χ2n) is 6.69. The molecule has 1 aromatic heterocycles. The van der Waals surface area contributed by atoms with Gasteiger partial charge in [-0.1, -0.05) is 0 Å². The Kier molecular flexibility index (Phi) is 7.40. The van der Waals surface area contributed by atoms with E-state index in [4.69, 9.17) is 19.4 Å². The average molecular weight is 431 g/mol. The van der Waals surface area contributed by atoms with Crippen molar-refractivity contribution in [2.45, 2.75) is 57.0 Å². The molecule has 11 heteroatoms. The van der Waals surface area contributed by atoms with Gasteiger partial charge in [-0.3, -0.25) is 0 Å². The van der Waals surface area contributed by atoms with Gasteiger partial charge in [-0.25, -0.2) is 13.6 Å². The van der Waals surface area contributed by atoms with Crippen molar-refractivity contribution in [3.8, 4) is 0 Å². The first-order chi connectivity index (χ1) is 13.0. The number of hydrogen-bond donors (Lipinski definition) is 2. The topological polar surface area (TPSA) is 67.8 Å². The zero-order valence-corrected chi connectivity index (χ0v) is 16.2. The van der Waals surface area contributed by atoms with Crippen LogP contribution in [0.15, 0.2) is 0 Å². The summed E-state index contributed by atoms with van der Waals surface area (Å²) in [6.45, 7) is 3.85. The normalized spacial score (nSPS) is 24.6. The second kappa shape index (κ2) is 9.02. The molecule has 2 aliphatic rings. The van der Waals surface area contributed by atoms with Gasteiger partial charge in [-0.15, -0.1) is 11.3 Å². The van der Waals surface area contributed by atoms with Gasteiger partial charge in [0.1, 0.15) is 5.60 Å². The summed E-state index contributed by atoms with van der Waals surface area (Å²) in [5.74, 6) is -2.76.